The van der Waals surface area contributed by atoms with E-state index in [-0.39, 0.29) is 0 Å². The van der Waals surface area contributed by atoms with Crippen molar-refractivity contribution < 1.29 is 13.2 Å². The molecule has 2 heterocycles. The molecule has 0 aliphatic carbocycles. The molecular formula is C15H12F3N3. The number of halogens is 3. The molecule has 21 heavy (non-hydrogen) atoms. The standard InChI is InChI=1S/C15H12F3N3/c16-15(17,18)11-4-1-3-10(7-11)13-9-21-12(8-19)5-2-6-14(21)20-13/h1-7,9H,8,19H2. The molecule has 0 amide bonds. The summed E-state index contributed by atoms with van der Waals surface area (Å²) in [5.74, 6) is 0. The predicted molar refractivity (Wildman–Crippen MR) is 73.5 cm³/mol. The molecule has 0 saturated heterocycles. The van der Waals surface area contributed by atoms with Crippen LogP contribution in [-0.4, -0.2) is 9.38 Å². The molecule has 0 unspecified atom stereocenters. The van der Waals surface area contributed by atoms with Gasteiger partial charge in [0.25, 0.3) is 0 Å². The summed E-state index contributed by atoms with van der Waals surface area (Å²) in [5, 5.41) is 0. The summed E-state index contributed by atoms with van der Waals surface area (Å²) in [6.45, 7) is 0.329. The van der Waals surface area contributed by atoms with Gasteiger partial charge in [0.05, 0.1) is 11.3 Å². The summed E-state index contributed by atoms with van der Waals surface area (Å²) in [7, 11) is 0. The van der Waals surface area contributed by atoms with Crippen LogP contribution in [0.3, 0.4) is 0 Å². The molecule has 0 saturated carbocycles. The Morgan fingerprint density at radius 2 is 1.86 bits per heavy atom. The van der Waals surface area contributed by atoms with Gasteiger partial charge < -0.3 is 10.1 Å². The Morgan fingerprint density at radius 3 is 2.57 bits per heavy atom. The molecule has 2 N–H and O–H groups in total. The molecule has 108 valence electrons. The molecule has 0 bridgehead atoms. The lowest BCUT2D eigenvalue weighted by Gasteiger charge is -2.07. The lowest BCUT2D eigenvalue weighted by atomic mass is 10.1. The second kappa shape index (κ2) is 4.89. The molecule has 0 aliphatic rings. The minimum atomic E-state index is -4.36. The third kappa shape index (κ3) is 2.50. The molecule has 3 nitrogen and oxygen atoms in total. The highest BCUT2D eigenvalue weighted by molar-refractivity contribution is 5.63. The van der Waals surface area contributed by atoms with E-state index < -0.39 is 11.7 Å². The Bertz CT molecular complexity index is 790. The quantitative estimate of drug-likeness (QED) is 0.785. The molecule has 3 aromatic rings. The lowest BCUT2D eigenvalue weighted by Crippen LogP contribution is -2.04. The zero-order valence-corrected chi connectivity index (χ0v) is 10.9. The number of alkyl halides is 3. The first-order chi connectivity index (χ1) is 9.99. The normalized spacial score (nSPS) is 12.0. The number of hydrogen-bond acceptors (Lipinski definition) is 2. The highest BCUT2D eigenvalue weighted by atomic mass is 19.4. The number of benzene rings is 1. The van der Waals surface area contributed by atoms with E-state index in [4.69, 9.17) is 5.73 Å². The Balaban J connectivity index is 2.13. The molecule has 0 fully saturated rings. The first-order valence-corrected chi connectivity index (χ1v) is 6.34. The van der Waals surface area contributed by atoms with E-state index >= 15 is 0 Å². The van der Waals surface area contributed by atoms with E-state index in [2.05, 4.69) is 4.98 Å². The van der Waals surface area contributed by atoms with Crippen molar-refractivity contribution >= 4 is 5.65 Å². The second-order valence-corrected chi connectivity index (χ2v) is 4.65. The Hall–Kier alpha value is -2.34. The average Bonchev–Trinajstić information content (AvgIpc) is 2.90. The summed E-state index contributed by atoms with van der Waals surface area (Å²) in [6, 6.07) is 10.6. The third-order valence-corrected chi connectivity index (χ3v) is 3.27. The minimum Gasteiger partial charge on any atom is -0.325 e. The van der Waals surface area contributed by atoms with Gasteiger partial charge in [0, 0.05) is 24.0 Å². The van der Waals surface area contributed by atoms with Crippen LogP contribution < -0.4 is 5.73 Å². The van der Waals surface area contributed by atoms with Gasteiger partial charge in [-0.15, -0.1) is 0 Å². The van der Waals surface area contributed by atoms with E-state index in [1.54, 1.807) is 22.7 Å². The fourth-order valence-electron chi connectivity index (χ4n) is 2.23. The van der Waals surface area contributed by atoms with E-state index in [9.17, 15) is 13.2 Å². The van der Waals surface area contributed by atoms with Gasteiger partial charge in [-0.3, -0.25) is 0 Å². The SMILES string of the molecule is NCc1cccc2nc(-c3cccc(C(F)(F)F)c3)cn12. The van der Waals surface area contributed by atoms with E-state index in [1.165, 1.54) is 6.07 Å². The van der Waals surface area contributed by atoms with Crippen molar-refractivity contribution in [2.24, 2.45) is 5.73 Å². The summed E-state index contributed by atoms with van der Waals surface area (Å²) in [4.78, 5) is 4.35. The Morgan fingerprint density at radius 1 is 1.10 bits per heavy atom. The number of pyridine rings is 1. The van der Waals surface area contributed by atoms with Crippen molar-refractivity contribution in [1.82, 2.24) is 9.38 Å². The molecule has 3 rings (SSSR count). The fourth-order valence-corrected chi connectivity index (χ4v) is 2.23. The smallest absolute Gasteiger partial charge is 0.325 e. The van der Waals surface area contributed by atoms with Crippen LogP contribution in [0.15, 0.2) is 48.7 Å². The van der Waals surface area contributed by atoms with Gasteiger partial charge in [0.2, 0.25) is 0 Å². The summed E-state index contributed by atoms with van der Waals surface area (Å²) in [5.41, 5.74) is 7.38. The summed E-state index contributed by atoms with van der Waals surface area (Å²) in [6.07, 6.45) is -2.66. The van der Waals surface area contributed by atoms with Crippen LogP contribution in [0.1, 0.15) is 11.3 Å². The zero-order chi connectivity index (χ0) is 15.0. The molecule has 0 radical (unpaired) electrons. The third-order valence-electron chi connectivity index (χ3n) is 3.27. The number of nitrogens with zero attached hydrogens (tertiary/aromatic N) is 2. The molecule has 1 aromatic carbocycles. The lowest BCUT2D eigenvalue weighted by molar-refractivity contribution is -0.137. The Labute approximate surface area is 118 Å². The maximum Gasteiger partial charge on any atom is 0.416 e. The van der Waals surface area contributed by atoms with Gasteiger partial charge in [-0.2, -0.15) is 13.2 Å². The van der Waals surface area contributed by atoms with Crippen LogP contribution in [0, 0.1) is 0 Å². The van der Waals surface area contributed by atoms with Gasteiger partial charge in [0.1, 0.15) is 5.65 Å². The van der Waals surface area contributed by atoms with Crippen molar-refractivity contribution in [1.29, 1.82) is 0 Å². The van der Waals surface area contributed by atoms with E-state index in [0.717, 1.165) is 17.8 Å². The van der Waals surface area contributed by atoms with Crippen LogP contribution >= 0.6 is 0 Å². The van der Waals surface area contributed by atoms with Gasteiger partial charge in [-0.05, 0) is 24.3 Å². The number of hydrogen-bond donors (Lipinski definition) is 1. The first kappa shape index (κ1) is 13.6. The van der Waals surface area contributed by atoms with Crippen molar-refractivity contribution in [2.75, 3.05) is 0 Å². The first-order valence-electron chi connectivity index (χ1n) is 6.34. The van der Waals surface area contributed by atoms with Crippen LogP contribution in [0.4, 0.5) is 13.2 Å². The fraction of sp³-hybridized carbons (Fsp3) is 0.133. The van der Waals surface area contributed by atoms with E-state index in [0.29, 0.717) is 23.4 Å². The number of fused-ring (bicyclic) bond motifs is 1. The van der Waals surface area contributed by atoms with Crippen molar-refractivity contribution in [2.45, 2.75) is 12.7 Å². The van der Waals surface area contributed by atoms with Crippen molar-refractivity contribution in [3.8, 4) is 11.3 Å². The van der Waals surface area contributed by atoms with Crippen LogP contribution in [0.25, 0.3) is 16.9 Å². The number of nitrogens with two attached hydrogens (primary N) is 1. The van der Waals surface area contributed by atoms with E-state index in [1.807, 2.05) is 12.1 Å². The van der Waals surface area contributed by atoms with Gasteiger partial charge in [-0.1, -0.05) is 18.2 Å². The molecular weight excluding hydrogens is 279 g/mol. The van der Waals surface area contributed by atoms with Crippen LogP contribution in [-0.2, 0) is 12.7 Å². The molecule has 0 spiro atoms. The molecule has 0 aliphatic heterocycles. The van der Waals surface area contributed by atoms with Crippen LogP contribution in [0.5, 0.6) is 0 Å². The topological polar surface area (TPSA) is 43.3 Å². The highest BCUT2D eigenvalue weighted by Crippen LogP contribution is 2.32. The highest BCUT2D eigenvalue weighted by Gasteiger charge is 2.30. The number of rotatable bonds is 2. The monoisotopic (exact) mass is 291 g/mol. The second-order valence-electron chi connectivity index (χ2n) is 4.65. The molecule has 0 atom stereocenters. The van der Waals surface area contributed by atoms with Gasteiger partial charge >= 0.3 is 6.18 Å². The largest absolute Gasteiger partial charge is 0.416 e. The number of imidazole rings is 1. The van der Waals surface area contributed by atoms with Gasteiger partial charge in [-0.25, -0.2) is 4.98 Å². The average molecular weight is 291 g/mol. The zero-order valence-electron chi connectivity index (χ0n) is 10.9. The number of aromatic nitrogens is 2. The maximum atomic E-state index is 12.8. The van der Waals surface area contributed by atoms with Crippen molar-refractivity contribution in [3.05, 3.63) is 59.9 Å². The minimum absolute atomic E-state index is 0.329. The van der Waals surface area contributed by atoms with Crippen LogP contribution in [0.2, 0.25) is 0 Å². The predicted octanol–water partition coefficient (Wildman–Crippen LogP) is 3.48. The summed E-state index contributed by atoms with van der Waals surface area (Å²) < 4.78 is 40.1. The Kier molecular flexibility index (Phi) is 3.17. The van der Waals surface area contributed by atoms with Gasteiger partial charge in [0.15, 0.2) is 0 Å². The maximum absolute atomic E-state index is 12.8. The molecule has 6 heteroatoms. The summed E-state index contributed by atoms with van der Waals surface area (Å²) >= 11 is 0. The molecule has 2 aromatic heterocycles. The van der Waals surface area contributed by atoms with Crippen molar-refractivity contribution in [3.63, 3.8) is 0 Å².